The summed E-state index contributed by atoms with van der Waals surface area (Å²) in [5.74, 6) is -0.253. The maximum atomic E-state index is 14.5. The molecule has 0 saturated carbocycles. The number of nitrogens with zero attached hydrogens (tertiary/aromatic N) is 1. The molecule has 4 nitrogen and oxygen atoms in total. The van der Waals surface area contributed by atoms with Gasteiger partial charge in [-0.1, -0.05) is 78.2 Å². The zero-order valence-corrected chi connectivity index (χ0v) is 37.1. The van der Waals surface area contributed by atoms with Gasteiger partial charge in [-0.3, -0.25) is 0 Å². The van der Waals surface area contributed by atoms with E-state index in [9.17, 15) is 52.7 Å². The number of quaternary nitrogens is 1. The molecule has 0 aliphatic carbocycles. The van der Waals surface area contributed by atoms with Crippen LogP contribution in [0.3, 0.4) is 0 Å². The summed E-state index contributed by atoms with van der Waals surface area (Å²) in [6.45, 7) is 10.5. The van der Waals surface area contributed by atoms with E-state index in [0.29, 0.717) is 16.5 Å². The summed E-state index contributed by atoms with van der Waals surface area (Å²) < 4.78 is 177. The lowest BCUT2D eigenvalue weighted by Gasteiger charge is -2.46. The molecular weight excluding hydrogens is 877 g/mol. The van der Waals surface area contributed by atoms with Gasteiger partial charge in [0.05, 0.1) is 41.9 Å². The highest BCUT2D eigenvalue weighted by molar-refractivity contribution is 6.39. The van der Waals surface area contributed by atoms with Crippen LogP contribution in [0, 0.1) is 6.07 Å². The standard InChI is InChI=1S/C41H54BF9NO3.C7H4F3/c1-5-9-13-14-15-16-37(52(27-10-6-2,28-11-7-3)29-12-8-4)36-30-33(41(49,50)51)21-26-38(36)55-42(53-34-22-17-31(18-23-34)39(43,44)45)54-35-24-19-32(20-25-35)40(46,47)48;8-7(9,10)6-4-2-1-3-5-6/h17-26,30,37H,5-16,27-29H2,1-4H3;2-5H/q+1;-1. The van der Waals surface area contributed by atoms with Crippen molar-refractivity contribution in [3.8, 4) is 17.2 Å². The summed E-state index contributed by atoms with van der Waals surface area (Å²) in [6, 6.07) is 17.0. The number of hydrogen-bond donors (Lipinski definition) is 0. The van der Waals surface area contributed by atoms with Gasteiger partial charge in [-0.05, 0) is 92.4 Å². The van der Waals surface area contributed by atoms with Crippen molar-refractivity contribution in [3.05, 3.63) is 125 Å². The molecule has 17 heteroatoms. The summed E-state index contributed by atoms with van der Waals surface area (Å²) in [6.07, 6.45) is -7.69. The van der Waals surface area contributed by atoms with E-state index < -0.39 is 60.3 Å². The molecule has 0 fully saturated rings. The van der Waals surface area contributed by atoms with Gasteiger partial charge >= 0.3 is 32.0 Å². The number of unbranched alkanes of at least 4 members (excludes halogenated alkanes) is 7. The number of rotatable bonds is 23. The lowest BCUT2D eigenvalue weighted by Crippen LogP contribution is -2.53. The minimum atomic E-state index is -4.68. The number of halogens is 12. The molecule has 0 spiro atoms. The van der Waals surface area contributed by atoms with Crippen LogP contribution < -0.4 is 14.0 Å². The largest absolute Gasteiger partial charge is 0.864 e. The second kappa shape index (κ2) is 25.4. The van der Waals surface area contributed by atoms with Crippen molar-refractivity contribution >= 4 is 7.32 Å². The molecule has 4 aromatic carbocycles. The predicted molar refractivity (Wildman–Crippen MR) is 228 cm³/mol. The van der Waals surface area contributed by atoms with Crippen molar-refractivity contribution in [2.75, 3.05) is 19.6 Å². The number of alkyl halides is 12. The molecule has 0 bridgehead atoms. The fourth-order valence-electron chi connectivity index (χ4n) is 7.40. The van der Waals surface area contributed by atoms with Gasteiger partial charge in [-0.2, -0.15) is 83.0 Å². The first kappa shape index (κ1) is 54.8. The molecule has 0 heterocycles. The molecular formula is C48H58BF12NO3. The molecule has 0 N–H and O–H groups in total. The van der Waals surface area contributed by atoms with Gasteiger partial charge in [0.15, 0.2) is 0 Å². The van der Waals surface area contributed by atoms with Crippen LogP contribution in [0.5, 0.6) is 17.2 Å². The average Bonchev–Trinajstić information content (AvgIpc) is 3.25. The second-order valence-electron chi connectivity index (χ2n) is 15.9. The molecule has 1 atom stereocenters. The molecule has 0 aliphatic heterocycles. The molecule has 360 valence electrons. The molecule has 1 unspecified atom stereocenters. The fraction of sp³-hybridized carbons (Fsp3) is 0.500. The minimum Gasteiger partial charge on any atom is -0.490 e. The molecule has 0 radical (unpaired) electrons. The van der Waals surface area contributed by atoms with Crippen molar-refractivity contribution in [1.82, 2.24) is 0 Å². The summed E-state index contributed by atoms with van der Waals surface area (Å²) >= 11 is 0. The maximum absolute atomic E-state index is 14.5. The van der Waals surface area contributed by atoms with E-state index in [1.165, 1.54) is 18.2 Å². The first-order valence-corrected chi connectivity index (χ1v) is 22.0. The molecule has 0 aromatic heterocycles. The molecule has 4 aromatic rings. The second-order valence-corrected chi connectivity index (χ2v) is 15.9. The Balaban J connectivity index is 0.000000985. The van der Waals surface area contributed by atoms with Crippen LogP contribution in [0.4, 0.5) is 52.7 Å². The number of benzene rings is 4. The fourth-order valence-corrected chi connectivity index (χ4v) is 7.40. The topological polar surface area (TPSA) is 27.7 Å². The highest BCUT2D eigenvalue weighted by Crippen LogP contribution is 2.43. The summed E-state index contributed by atoms with van der Waals surface area (Å²) in [4.78, 5) is 0. The van der Waals surface area contributed by atoms with Crippen molar-refractivity contribution in [2.24, 2.45) is 0 Å². The highest BCUT2D eigenvalue weighted by atomic mass is 19.4. The number of hydrogen-bond acceptors (Lipinski definition) is 3. The third kappa shape index (κ3) is 18.0. The highest BCUT2D eigenvalue weighted by Gasteiger charge is 2.42. The Hall–Kier alpha value is -4.54. The molecule has 0 amide bonds. The van der Waals surface area contributed by atoms with Crippen LogP contribution in [0.25, 0.3) is 0 Å². The van der Waals surface area contributed by atoms with Gasteiger partial charge in [-0.25, -0.2) is 0 Å². The first-order chi connectivity index (χ1) is 30.6. The molecule has 65 heavy (non-hydrogen) atoms. The summed E-state index contributed by atoms with van der Waals surface area (Å²) in [7, 11) is -1.82. The minimum absolute atomic E-state index is 0.0161. The van der Waals surface area contributed by atoms with Gasteiger partial charge in [0, 0.05) is 6.42 Å². The van der Waals surface area contributed by atoms with E-state index in [4.69, 9.17) is 14.0 Å². The lowest BCUT2D eigenvalue weighted by atomic mass is 9.91. The van der Waals surface area contributed by atoms with E-state index in [1.54, 1.807) is 0 Å². The van der Waals surface area contributed by atoms with Crippen molar-refractivity contribution in [2.45, 2.75) is 135 Å². The monoisotopic (exact) mass is 935 g/mol. The third-order valence-electron chi connectivity index (χ3n) is 10.9. The predicted octanol–water partition coefficient (Wildman–Crippen LogP) is 16.4. The van der Waals surface area contributed by atoms with Gasteiger partial charge < -0.3 is 18.4 Å². The Morgan fingerprint density at radius 3 is 1.23 bits per heavy atom. The Bertz CT molecular complexity index is 1850. The van der Waals surface area contributed by atoms with E-state index in [0.717, 1.165) is 163 Å². The van der Waals surface area contributed by atoms with E-state index in [2.05, 4.69) is 33.8 Å². The van der Waals surface area contributed by atoms with Crippen LogP contribution in [0.1, 0.15) is 139 Å². The Labute approximate surface area is 375 Å². The van der Waals surface area contributed by atoms with Gasteiger partial charge in [-0.15, -0.1) is 0 Å². The van der Waals surface area contributed by atoms with Gasteiger partial charge in [0.2, 0.25) is 0 Å². The summed E-state index contributed by atoms with van der Waals surface area (Å²) in [5.41, 5.74) is -3.10. The van der Waals surface area contributed by atoms with Crippen LogP contribution >= 0.6 is 0 Å². The van der Waals surface area contributed by atoms with Crippen LogP contribution in [-0.4, -0.2) is 31.4 Å². The van der Waals surface area contributed by atoms with E-state index >= 15 is 0 Å². The zero-order valence-electron chi connectivity index (χ0n) is 37.1. The van der Waals surface area contributed by atoms with Gasteiger partial charge in [0.1, 0.15) is 23.3 Å². The first-order valence-electron chi connectivity index (χ1n) is 22.0. The van der Waals surface area contributed by atoms with Gasteiger partial charge in [0.25, 0.3) is 0 Å². The van der Waals surface area contributed by atoms with Crippen molar-refractivity contribution in [1.29, 1.82) is 0 Å². The molecule has 4 rings (SSSR count). The third-order valence-corrected chi connectivity index (χ3v) is 10.9. The van der Waals surface area contributed by atoms with Crippen LogP contribution in [0.2, 0.25) is 0 Å². The SMILES string of the molecule is CCCCCCCC(c1cc(C(F)(F)F)ccc1OB(Oc1ccc(C(F)(F)F)cc1)Oc1ccc(C(F)(F)F)cc1)[N+](CCCC)(CCCC)CCCC.FC(F)(F)c1cc[c-]cc1. The zero-order chi connectivity index (χ0) is 48.3. The quantitative estimate of drug-likeness (QED) is 0.0244. The normalized spacial score (nSPS) is 12.9. The van der Waals surface area contributed by atoms with Crippen molar-refractivity contribution < 1.29 is 71.1 Å². The van der Waals surface area contributed by atoms with Crippen molar-refractivity contribution in [3.63, 3.8) is 0 Å². The maximum Gasteiger partial charge on any atom is 0.864 e. The Morgan fingerprint density at radius 2 is 0.846 bits per heavy atom. The van der Waals surface area contributed by atoms with E-state index in [1.807, 2.05) is 0 Å². The Morgan fingerprint density at radius 1 is 0.462 bits per heavy atom. The average molecular weight is 936 g/mol. The van der Waals surface area contributed by atoms with Crippen LogP contribution in [0.15, 0.2) is 91.0 Å². The Kier molecular flexibility index (Phi) is 21.4. The van der Waals surface area contributed by atoms with E-state index in [-0.39, 0.29) is 17.2 Å². The summed E-state index contributed by atoms with van der Waals surface area (Å²) in [5, 5.41) is 0. The van der Waals surface area contributed by atoms with Crippen LogP contribution in [-0.2, 0) is 24.7 Å². The molecule has 0 aliphatic rings. The lowest BCUT2D eigenvalue weighted by molar-refractivity contribution is -0.958. The smallest absolute Gasteiger partial charge is 0.490 e. The molecule has 0 saturated heterocycles.